The minimum atomic E-state index is -0.527. The maximum absolute atomic E-state index is 9.26. The molecule has 136 valence electrons. The molecule has 2 rings (SSSR count). The van der Waals surface area contributed by atoms with Gasteiger partial charge in [-0.3, -0.25) is 0 Å². The third-order valence-electron chi connectivity index (χ3n) is 4.69. The molecular formula is C21H30N2O2. The number of hydrogen-bond acceptors (Lipinski definition) is 3. The summed E-state index contributed by atoms with van der Waals surface area (Å²) in [6.07, 6.45) is 5.69. The summed E-state index contributed by atoms with van der Waals surface area (Å²) >= 11 is 0. The van der Waals surface area contributed by atoms with Crippen LogP contribution in [0.25, 0.3) is 6.08 Å². The molecule has 0 amide bonds. The quantitative estimate of drug-likeness (QED) is 0.773. The van der Waals surface area contributed by atoms with E-state index >= 15 is 0 Å². The Balaban J connectivity index is 1.90. The molecule has 1 aromatic carbocycles. The zero-order valence-electron chi connectivity index (χ0n) is 15.7. The molecule has 0 aliphatic rings. The molecule has 1 aromatic heterocycles. The van der Waals surface area contributed by atoms with Crippen molar-refractivity contribution in [3.63, 3.8) is 0 Å². The Kier molecular flexibility index (Phi) is 6.45. The Bertz CT molecular complexity index is 729. The lowest BCUT2D eigenvalue weighted by Gasteiger charge is -2.21. The van der Waals surface area contributed by atoms with E-state index in [-0.39, 0.29) is 6.61 Å². The predicted octanol–water partition coefficient (Wildman–Crippen LogP) is 3.38. The monoisotopic (exact) mass is 342 g/mol. The van der Waals surface area contributed by atoms with Crippen LogP contribution in [-0.2, 0) is 13.5 Å². The summed E-state index contributed by atoms with van der Waals surface area (Å²) in [5, 5.41) is 9.26. The summed E-state index contributed by atoms with van der Waals surface area (Å²) in [6, 6.07) is 10.3. The van der Waals surface area contributed by atoms with Crippen LogP contribution in [0.3, 0.4) is 0 Å². The van der Waals surface area contributed by atoms with Gasteiger partial charge in [-0.25, -0.2) is 0 Å². The second kappa shape index (κ2) is 8.37. The van der Waals surface area contributed by atoms with E-state index in [0.717, 1.165) is 24.3 Å². The van der Waals surface area contributed by atoms with E-state index in [1.807, 2.05) is 26.1 Å². The van der Waals surface area contributed by atoms with Gasteiger partial charge in [-0.05, 0) is 81.2 Å². The molecule has 3 N–H and O–H groups in total. The first-order valence-electron chi connectivity index (χ1n) is 8.73. The van der Waals surface area contributed by atoms with Crippen molar-refractivity contribution < 1.29 is 9.84 Å². The molecule has 4 nitrogen and oxygen atoms in total. The van der Waals surface area contributed by atoms with E-state index in [1.54, 1.807) is 0 Å². The molecule has 0 aliphatic heterocycles. The maximum atomic E-state index is 9.26. The molecular weight excluding hydrogens is 312 g/mol. The summed E-state index contributed by atoms with van der Waals surface area (Å²) in [4.78, 5) is 0. The minimum absolute atomic E-state index is 0.00000642. The number of rotatable bonds is 8. The van der Waals surface area contributed by atoms with Gasteiger partial charge in [0.15, 0.2) is 0 Å². The number of nitrogens with zero attached hydrogens (tertiary/aromatic N) is 1. The smallest absolute Gasteiger partial charge is 0.120 e. The highest BCUT2D eigenvalue weighted by Gasteiger charge is 2.17. The topological polar surface area (TPSA) is 60.4 Å². The van der Waals surface area contributed by atoms with Crippen LogP contribution in [0.15, 0.2) is 36.4 Å². The van der Waals surface area contributed by atoms with Crippen LogP contribution in [0.1, 0.15) is 35.9 Å². The van der Waals surface area contributed by atoms with Crippen molar-refractivity contribution in [3.05, 3.63) is 58.9 Å². The van der Waals surface area contributed by atoms with Crippen molar-refractivity contribution in [2.75, 3.05) is 13.2 Å². The van der Waals surface area contributed by atoms with E-state index in [1.165, 1.54) is 16.8 Å². The van der Waals surface area contributed by atoms with Crippen LogP contribution in [0.5, 0.6) is 5.75 Å². The molecule has 2 aromatic rings. The number of aryl methyl sites for hydroxylation is 3. The van der Waals surface area contributed by atoms with Gasteiger partial charge < -0.3 is 20.1 Å². The highest BCUT2D eigenvalue weighted by Crippen LogP contribution is 2.17. The Morgan fingerprint density at radius 2 is 1.96 bits per heavy atom. The molecule has 0 saturated heterocycles. The van der Waals surface area contributed by atoms with Crippen LogP contribution < -0.4 is 10.5 Å². The molecule has 1 unspecified atom stereocenters. The average molecular weight is 342 g/mol. The van der Waals surface area contributed by atoms with Gasteiger partial charge in [-0.2, -0.15) is 0 Å². The van der Waals surface area contributed by atoms with Crippen LogP contribution in [0.2, 0.25) is 0 Å². The molecule has 0 bridgehead atoms. The fourth-order valence-corrected chi connectivity index (χ4v) is 2.60. The van der Waals surface area contributed by atoms with Crippen molar-refractivity contribution in [2.45, 2.75) is 39.2 Å². The SMILES string of the molecule is Cc1ccc(OC/C=C/c2ccc(CCC(C)(N)CO)n2C)cc1C. The van der Waals surface area contributed by atoms with E-state index < -0.39 is 5.54 Å². The molecule has 25 heavy (non-hydrogen) atoms. The van der Waals surface area contributed by atoms with Crippen molar-refractivity contribution in [2.24, 2.45) is 12.8 Å². The summed E-state index contributed by atoms with van der Waals surface area (Å²) < 4.78 is 7.93. The van der Waals surface area contributed by atoms with Crippen LogP contribution in [-0.4, -0.2) is 28.4 Å². The van der Waals surface area contributed by atoms with Gasteiger partial charge in [0.05, 0.1) is 6.61 Å². The Hall–Kier alpha value is -2.04. The number of hydrogen-bond donors (Lipinski definition) is 2. The normalized spacial score (nSPS) is 14.0. The summed E-state index contributed by atoms with van der Waals surface area (Å²) in [7, 11) is 2.05. The second-order valence-electron chi connectivity index (χ2n) is 7.08. The molecule has 1 heterocycles. The van der Waals surface area contributed by atoms with Gasteiger partial charge in [-0.15, -0.1) is 0 Å². The molecule has 0 radical (unpaired) electrons. The molecule has 0 saturated carbocycles. The van der Waals surface area contributed by atoms with Gasteiger partial charge in [0.2, 0.25) is 0 Å². The number of ether oxygens (including phenoxy) is 1. The summed E-state index contributed by atoms with van der Waals surface area (Å²) in [5.41, 5.74) is 10.3. The summed E-state index contributed by atoms with van der Waals surface area (Å²) in [5.74, 6) is 0.895. The third kappa shape index (κ3) is 5.48. The van der Waals surface area contributed by atoms with E-state index in [0.29, 0.717) is 6.61 Å². The predicted molar refractivity (Wildman–Crippen MR) is 104 cm³/mol. The molecule has 4 heteroatoms. The maximum Gasteiger partial charge on any atom is 0.120 e. The van der Waals surface area contributed by atoms with Gasteiger partial charge in [-0.1, -0.05) is 6.07 Å². The van der Waals surface area contributed by atoms with Crippen LogP contribution >= 0.6 is 0 Å². The lowest BCUT2D eigenvalue weighted by molar-refractivity contribution is 0.200. The summed E-state index contributed by atoms with van der Waals surface area (Å²) in [6.45, 7) is 6.60. The van der Waals surface area contributed by atoms with Crippen LogP contribution in [0, 0.1) is 13.8 Å². The first kappa shape index (κ1) is 19.3. The Labute approximate surface area is 150 Å². The largest absolute Gasteiger partial charge is 0.490 e. The lowest BCUT2D eigenvalue weighted by atomic mass is 9.97. The first-order chi connectivity index (χ1) is 11.8. The molecule has 0 fully saturated rings. The van der Waals surface area contributed by atoms with Crippen LogP contribution in [0.4, 0.5) is 0 Å². The van der Waals surface area contributed by atoms with Gasteiger partial charge in [0.1, 0.15) is 12.4 Å². The van der Waals surface area contributed by atoms with E-state index in [2.05, 4.69) is 48.8 Å². The number of aromatic nitrogens is 1. The third-order valence-corrected chi connectivity index (χ3v) is 4.69. The highest BCUT2D eigenvalue weighted by atomic mass is 16.5. The Morgan fingerprint density at radius 1 is 1.20 bits per heavy atom. The molecule has 1 atom stereocenters. The van der Waals surface area contributed by atoms with Gasteiger partial charge >= 0.3 is 0 Å². The number of nitrogens with two attached hydrogens (primary N) is 1. The lowest BCUT2D eigenvalue weighted by Crippen LogP contribution is -2.40. The number of aliphatic hydroxyl groups excluding tert-OH is 1. The van der Waals surface area contributed by atoms with E-state index in [9.17, 15) is 5.11 Å². The van der Waals surface area contributed by atoms with Crippen molar-refractivity contribution >= 4 is 6.08 Å². The minimum Gasteiger partial charge on any atom is -0.490 e. The van der Waals surface area contributed by atoms with Crippen molar-refractivity contribution in [3.8, 4) is 5.75 Å². The average Bonchev–Trinajstić information content (AvgIpc) is 2.93. The zero-order chi connectivity index (χ0) is 18.4. The molecule has 0 spiro atoms. The van der Waals surface area contributed by atoms with Crippen molar-refractivity contribution in [1.29, 1.82) is 0 Å². The van der Waals surface area contributed by atoms with Crippen molar-refractivity contribution in [1.82, 2.24) is 4.57 Å². The number of benzene rings is 1. The van der Waals surface area contributed by atoms with E-state index in [4.69, 9.17) is 10.5 Å². The highest BCUT2D eigenvalue weighted by molar-refractivity contribution is 5.47. The fourth-order valence-electron chi connectivity index (χ4n) is 2.60. The Morgan fingerprint density at radius 3 is 2.64 bits per heavy atom. The number of aliphatic hydroxyl groups is 1. The first-order valence-corrected chi connectivity index (χ1v) is 8.73. The van der Waals surface area contributed by atoms with Gasteiger partial charge in [0.25, 0.3) is 0 Å². The second-order valence-corrected chi connectivity index (χ2v) is 7.08. The molecule has 0 aliphatic carbocycles. The standard InChI is InChI=1S/C21H30N2O2/c1-16-7-10-20(14-17(16)2)25-13-5-6-18-8-9-19(23(18)4)11-12-21(3,22)15-24/h5-10,14,24H,11-13,15,22H2,1-4H3/b6-5+. The van der Waals surface area contributed by atoms with Gasteiger partial charge in [0, 0.05) is 24.0 Å². The fraction of sp³-hybridized carbons (Fsp3) is 0.429. The zero-order valence-corrected chi connectivity index (χ0v) is 15.7.